The van der Waals surface area contributed by atoms with Gasteiger partial charge in [-0.1, -0.05) is 43.7 Å². The zero-order valence-electron chi connectivity index (χ0n) is 8.84. The van der Waals surface area contributed by atoms with E-state index in [9.17, 15) is 0 Å². The minimum Gasteiger partial charge on any atom is -0.393 e. The maximum absolute atomic E-state index is 5.40. The molecule has 0 unspecified atom stereocenters. The summed E-state index contributed by atoms with van der Waals surface area (Å²) in [5.74, 6) is 0. The minimum absolute atomic E-state index is 0.642. The summed E-state index contributed by atoms with van der Waals surface area (Å²) in [6.45, 7) is 2.92. The Morgan fingerprint density at radius 3 is 2.21 bits per heavy atom. The van der Waals surface area contributed by atoms with Gasteiger partial charge in [0.1, 0.15) is 0 Å². The summed E-state index contributed by atoms with van der Waals surface area (Å²) in [5.41, 5.74) is 5.40. The summed E-state index contributed by atoms with van der Waals surface area (Å²) in [6.07, 6.45) is 6.98. The Morgan fingerprint density at radius 2 is 1.64 bits per heavy atom. The van der Waals surface area contributed by atoms with E-state index >= 15 is 0 Å². The van der Waals surface area contributed by atoms with Gasteiger partial charge in [-0.25, -0.2) is 0 Å². The molecule has 4 heteroatoms. The number of nitrogens with two attached hydrogens (primary N) is 1. The Balaban J connectivity index is 2.99. The molecular weight excluding hydrogens is 212 g/mol. The van der Waals surface area contributed by atoms with Crippen LogP contribution in [0.3, 0.4) is 0 Å². The highest BCUT2D eigenvalue weighted by Crippen LogP contribution is 2.04. The van der Waals surface area contributed by atoms with E-state index in [0.717, 1.165) is 24.4 Å². The molecule has 0 aliphatic rings. The van der Waals surface area contributed by atoms with Crippen LogP contribution in [0.15, 0.2) is 0 Å². The quantitative estimate of drug-likeness (QED) is 0.498. The van der Waals surface area contributed by atoms with Crippen molar-refractivity contribution in [2.75, 3.05) is 6.54 Å². The van der Waals surface area contributed by atoms with Gasteiger partial charge in [-0.05, 0) is 26.2 Å². The van der Waals surface area contributed by atoms with Crippen LogP contribution in [0.4, 0.5) is 0 Å². The Kier molecular flexibility index (Phi) is 9.19. The third kappa shape index (κ3) is 11.8. The van der Waals surface area contributed by atoms with Crippen LogP contribution in [0.2, 0.25) is 0 Å². The van der Waals surface area contributed by atoms with Crippen molar-refractivity contribution in [1.82, 2.24) is 5.32 Å². The smallest absolute Gasteiger partial charge is 0.0727 e. The fourth-order valence-corrected chi connectivity index (χ4v) is 1.47. The first kappa shape index (κ1) is 13.8. The molecule has 0 aromatic heterocycles. The van der Waals surface area contributed by atoms with Crippen molar-refractivity contribution in [3.8, 4) is 0 Å². The highest BCUT2D eigenvalue weighted by molar-refractivity contribution is 7.80. The predicted octanol–water partition coefficient (Wildman–Crippen LogP) is 2.55. The van der Waals surface area contributed by atoms with Crippen molar-refractivity contribution in [3.05, 3.63) is 0 Å². The average molecular weight is 232 g/mol. The highest BCUT2D eigenvalue weighted by Gasteiger charge is 1.92. The summed E-state index contributed by atoms with van der Waals surface area (Å²) in [4.78, 5) is 1.53. The standard InChI is InChI=1S/C10H20N2S2/c1-9(13)12-8-6-4-2-3-5-7-10(11)14/h2-8H2,1H3,(H2,11,14)(H,12,13). The van der Waals surface area contributed by atoms with Gasteiger partial charge in [-0.2, -0.15) is 0 Å². The summed E-state index contributed by atoms with van der Waals surface area (Å²) < 4.78 is 0. The van der Waals surface area contributed by atoms with E-state index in [1.807, 2.05) is 6.92 Å². The second-order valence-corrected chi connectivity index (χ2v) is 4.60. The molecule has 0 rings (SSSR count). The van der Waals surface area contributed by atoms with Crippen LogP contribution < -0.4 is 11.1 Å². The largest absolute Gasteiger partial charge is 0.393 e. The fraction of sp³-hybridized carbons (Fsp3) is 0.800. The van der Waals surface area contributed by atoms with Crippen molar-refractivity contribution >= 4 is 34.4 Å². The zero-order chi connectivity index (χ0) is 10.8. The monoisotopic (exact) mass is 232 g/mol. The Hall–Kier alpha value is -0.220. The molecule has 3 N–H and O–H groups in total. The van der Waals surface area contributed by atoms with Crippen molar-refractivity contribution in [2.24, 2.45) is 5.73 Å². The second-order valence-electron chi connectivity index (χ2n) is 3.47. The van der Waals surface area contributed by atoms with E-state index < -0.39 is 0 Å². The lowest BCUT2D eigenvalue weighted by Gasteiger charge is -2.03. The maximum atomic E-state index is 5.40. The predicted molar refractivity (Wildman–Crippen MR) is 70.8 cm³/mol. The third-order valence-electron chi connectivity index (χ3n) is 1.97. The van der Waals surface area contributed by atoms with Gasteiger partial charge in [-0.15, -0.1) is 0 Å². The van der Waals surface area contributed by atoms with Gasteiger partial charge in [0.25, 0.3) is 0 Å². The Bertz CT molecular complexity index is 161. The first-order chi connectivity index (χ1) is 6.63. The first-order valence-corrected chi connectivity index (χ1v) is 5.97. The van der Waals surface area contributed by atoms with Gasteiger partial charge in [0.15, 0.2) is 0 Å². The lowest BCUT2D eigenvalue weighted by molar-refractivity contribution is 0.616. The van der Waals surface area contributed by atoms with Crippen LogP contribution in [0.25, 0.3) is 0 Å². The van der Waals surface area contributed by atoms with E-state index in [1.54, 1.807) is 0 Å². The number of unbranched alkanes of at least 4 members (excludes halogenated alkanes) is 4. The molecule has 0 fully saturated rings. The van der Waals surface area contributed by atoms with Gasteiger partial charge in [0.2, 0.25) is 0 Å². The second kappa shape index (κ2) is 9.34. The fourth-order valence-electron chi connectivity index (χ4n) is 1.22. The average Bonchev–Trinajstić information content (AvgIpc) is 2.08. The van der Waals surface area contributed by atoms with Crippen LogP contribution in [0.5, 0.6) is 0 Å². The molecule has 0 saturated carbocycles. The molecule has 82 valence electrons. The third-order valence-corrected chi connectivity index (χ3v) is 2.32. The molecule has 0 aliphatic heterocycles. The molecule has 0 heterocycles. The van der Waals surface area contributed by atoms with E-state index in [2.05, 4.69) is 5.32 Å². The topological polar surface area (TPSA) is 38.0 Å². The lowest BCUT2D eigenvalue weighted by Crippen LogP contribution is -2.18. The number of hydrogen-bond donors (Lipinski definition) is 2. The molecule has 0 saturated heterocycles. The van der Waals surface area contributed by atoms with Crippen LogP contribution in [0, 0.1) is 0 Å². The number of hydrogen-bond acceptors (Lipinski definition) is 2. The lowest BCUT2D eigenvalue weighted by atomic mass is 10.1. The first-order valence-electron chi connectivity index (χ1n) is 5.15. The minimum atomic E-state index is 0.642. The van der Waals surface area contributed by atoms with Crippen molar-refractivity contribution in [1.29, 1.82) is 0 Å². The van der Waals surface area contributed by atoms with Crippen molar-refractivity contribution in [3.63, 3.8) is 0 Å². The number of rotatable bonds is 8. The SMILES string of the molecule is CC(=S)NCCCCCCCC(N)=S. The van der Waals surface area contributed by atoms with Crippen LogP contribution >= 0.6 is 24.4 Å². The number of thiocarbonyl (C=S) groups is 2. The van der Waals surface area contributed by atoms with Gasteiger partial charge >= 0.3 is 0 Å². The number of nitrogens with one attached hydrogen (secondary N) is 1. The molecule has 0 bridgehead atoms. The molecule has 2 nitrogen and oxygen atoms in total. The van der Waals surface area contributed by atoms with E-state index in [1.165, 1.54) is 25.7 Å². The molecule has 0 atom stereocenters. The highest BCUT2D eigenvalue weighted by atomic mass is 32.1. The van der Waals surface area contributed by atoms with Gasteiger partial charge in [-0.3, -0.25) is 0 Å². The van der Waals surface area contributed by atoms with Gasteiger partial charge < -0.3 is 11.1 Å². The molecule has 0 spiro atoms. The summed E-state index contributed by atoms with van der Waals surface area (Å²) in [5, 5.41) is 3.15. The molecule has 0 aliphatic carbocycles. The van der Waals surface area contributed by atoms with Crippen LogP contribution in [-0.4, -0.2) is 16.5 Å². The van der Waals surface area contributed by atoms with E-state index in [4.69, 9.17) is 30.2 Å². The Morgan fingerprint density at radius 1 is 1.07 bits per heavy atom. The summed E-state index contributed by atoms with van der Waals surface area (Å²) in [7, 11) is 0. The van der Waals surface area contributed by atoms with Crippen LogP contribution in [0.1, 0.15) is 45.4 Å². The van der Waals surface area contributed by atoms with Crippen molar-refractivity contribution < 1.29 is 0 Å². The molecule has 0 amide bonds. The Labute approximate surface area is 97.6 Å². The summed E-state index contributed by atoms with van der Waals surface area (Å²) >= 11 is 9.70. The van der Waals surface area contributed by atoms with Gasteiger partial charge in [0.05, 0.1) is 9.98 Å². The van der Waals surface area contributed by atoms with Crippen LogP contribution in [-0.2, 0) is 0 Å². The van der Waals surface area contributed by atoms with E-state index in [-0.39, 0.29) is 0 Å². The van der Waals surface area contributed by atoms with Gasteiger partial charge in [0, 0.05) is 6.54 Å². The maximum Gasteiger partial charge on any atom is 0.0727 e. The van der Waals surface area contributed by atoms with E-state index in [0.29, 0.717) is 4.99 Å². The summed E-state index contributed by atoms with van der Waals surface area (Å²) in [6, 6.07) is 0. The molecule has 0 aromatic rings. The molecule has 0 radical (unpaired) electrons. The zero-order valence-corrected chi connectivity index (χ0v) is 10.5. The molecule has 0 aromatic carbocycles. The molecule has 14 heavy (non-hydrogen) atoms. The van der Waals surface area contributed by atoms with Crippen molar-refractivity contribution in [2.45, 2.75) is 45.4 Å². The molecular formula is C10H20N2S2. The normalized spacial score (nSPS) is 9.79.